The molecule has 0 aromatic heterocycles. The van der Waals surface area contributed by atoms with Gasteiger partial charge >= 0.3 is 0 Å². The predicted molar refractivity (Wildman–Crippen MR) is 115 cm³/mol. The summed E-state index contributed by atoms with van der Waals surface area (Å²) in [6, 6.07) is 13.5. The number of carbonyl (C=O) groups is 2. The van der Waals surface area contributed by atoms with E-state index in [0.29, 0.717) is 6.54 Å². The molecule has 1 atom stereocenters. The fourth-order valence-corrected chi connectivity index (χ4v) is 3.65. The molecule has 156 valence electrons. The third-order valence-electron chi connectivity index (χ3n) is 5.33. The van der Waals surface area contributed by atoms with Crippen LogP contribution in [0.1, 0.15) is 19.4 Å². The first-order valence-electron chi connectivity index (χ1n) is 10.4. The number of rotatable bonds is 8. The number of hydrogen-bond donors (Lipinski definition) is 2. The van der Waals surface area contributed by atoms with Gasteiger partial charge in [0, 0.05) is 26.2 Å². The number of benzene rings is 2. The minimum Gasteiger partial charge on any atom is -0.379 e. The first kappa shape index (κ1) is 21.3. The molecule has 0 aliphatic carbocycles. The van der Waals surface area contributed by atoms with Gasteiger partial charge in [0.05, 0.1) is 19.6 Å². The van der Waals surface area contributed by atoms with E-state index < -0.39 is 6.04 Å². The second-order valence-electron chi connectivity index (χ2n) is 7.85. The molecule has 1 heterocycles. The first-order valence-corrected chi connectivity index (χ1v) is 10.4. The van der Waals surface area contributed by atoms with Crippen molar-refractivity contribution in [1.29, 1.82) is 0 Å². The van der Waals surface area contributed by atoms with Gasteiger partial charge in [0.25, 0.3) is 0 Å². The van der Waals surface area contributed by atoms with Crippen molar-refractivity contribution in [3.05, 3.63) is 48.0 Å². The Labute approximate surface area is 172 Å². The molecule has 6 nitrogen and oxygen atoms in total. The van der Waals surface area contributed by atoms with Gasteiger partial charge in [0.2, 0.25) is 11.8 Å². The molecule has 3 rings (SSSR count). The van der Waals surface area contributed by atoms with Gasteiger partial charge in [-0.3, -0.25) is 14.5 Å². The monoisotopic (exact) mass is 397 g/mol. The smallest absolute Gasteiger partial charge is 0.242 e. The number of ether oxygens (including phenoxy) is 1. The van der Waals surface area contributed by atoms with Crippen LogP contribution in [0.25, 0.3) is 10.8 Å². The SMILES string of the molecule is CC(C)[C@@H](NC(=O)Cc1cccc2ccccc12)C(=O)NCCN1CCOCC1. The van der Waals surface area contributed by atoms with Crippen molar-refractivity contribution in [2.75, 3.05) is 39.4 Å². The molecular weight excluding hydrogens is 366 g/mol. The second-order valence-corrected chi connectivity index (χ2v) is 7.85. The molecule has 6 heteroatoms. The van der Waals surface area contributed by atoms with E-state index in [1.54, 1.807) is 0 Å². The second kappa shape index (κ2) is 10.4. The molecule has 1 fully saturated rings. The third-order valence-corrected chi connectivity index (χ3v) is 5.33. The standard InChI is InChI=1S/C23H31N3O3/c1-17(2)22(23(28)24-10-11-26-12-14-29-15-13-26)25-21(27)16-19-8-5-7-18-6-3-4-9-20(18)19/h3-9,17,22H,10-16H2,1-2H3,(H,24,28)(H,25,27)/t22-/m1/s1. The van der Waals surface area contributed by atoms with Gasteiger partial charge < -0.3 is 15.4 Å². The van der Waals surface area contributed by atoms with Crippen molar-refractivity contribution >= 4 is 22.6 Å². The van der Waals surface area contributed by atoms with Crippen LogP contribution in [0.3, 0.4) is 0 Å². The summed E-state index contributed by atoms with van der Waals surface area (Å²) >= 11 is 0. The lowest BCUT2D eigenvalue weighted by molar-refractivity contribution is -0.129. The van der Waals surface area contributed by atoms with Gasteiger partial charge in [-0.15, -0.1) is 0 Å². The maximum Gasteiger partial charge on any atom is 0.242 e. The van der Waals surface area contributed by atoms with E-state index in [2.05, 4.69) is 15.5 Å². The molecule has 2 aromatic rings. The zero-order valence-electron chi connectivity index (χ0n) is 17.3. The maximum atomic E-state index is 12.7. The summed E-state index contributed by atoms with van der Waals surface area (Å²) in [7, 11) is 0. The van der Waals surface area contributed by atoms with Crippen LogP contribution in [0.5, 0.6) is 0 Å². The number of morpholine rings is 1. The van der Waals surface area contributed by atoms with Crippen molar-refractivity contribution in [2.45, 2.75) is 26.3 Å². The number of amides is 2. The Morgan fingerprint density at radius 1 is 1.07 bits per heavy atom. The molecule has 0 radical (unpaired) electrons. The number of carbonyl (C=O) groups excluding carboxylic acids is 2. The van der Waals surface area contributed by atoms with Crippen LogP contribution in [-0.2, 0) is 20.7 Å². The molecule has 29 heavy (non-hydrogen) atoms. The molecule has 0 saturated carbocycles. The summed E-state index contributed by atoms with van der Waals surface area (Å²) in [6.45, 7) is 8.54. The van der Waals surface area contributed by atoms with E-state index in [1.165, 1.54) is 0 Å². The van der Waals surface area contributed by atoms with Gasteiger partial charge in [0.15, 0.2) is 0 Å². The fourth-order valence-electron chi connectivity index (χ4n) is 3.65. The summed E-state index contributed by atoms with van der Waals surface area (Å²) in [4.78, 5) is 27.6. The number of hydrogen-bond acceptors (Lipinski definition) is 4. The lowest BCUT2D eigenvalue weighted by Crippen LogP contribution is -2.51. The van der Waals surface area contributed by atoms with E-state index in [4.69, 9.17) is 4.74 Å². The van der Waals surface area contributed by atoms with Crippen LogP contribution >= 0.6 is 0 Å². The molecule has 2 N–H and O–H groups in total. The average molecular weight is 398 g/mol. The van der Waals surface area contributed by atoms with Gasteiger partial charge in [-0.25, -0.2) is 0 Å². The minimum absolute atomic E-state index is 0.00912. The van der Waals surface area contributed by atoms with E-state index >= 15 is 0 Å². The van der Waals surface area contributed by atoms with E-state index in [0.717, 1.165) is 49.2 Å². The highest BCUT2D eigenvalue weighted by Crippen LogP contribution is 2.19. The maximum absolute atomic E-state index is 12.7. The van der Waals surface area contributed by atoms with Gasteiger partial charge in [-0.2, -0.15) is 0 Å². The Kier molecular flexibility index (Phi) is 7.61. The van der Waals surface area contributed by atoms with Crippen LogP contribution in [0.2, 0.25) is 0 Å². The molecular formula is C23H31N3O3. The topological polar surface area (TPSA) is 70.7 Å². The molecule has 0 bridgehead atoms. The van der Waals surface area contributed by atoms with Gasteiger partial charge in [-0.1, -0.05) is 56.3 Å². The lowest BCUT2D eigenvalue weighted by Gasteiger charge is -2.27. The molecule has 1 aliphatic heterocycles. The summed E-state index contributed by atoms with van der Waals surface area (Å²) in [5.41, 5.74) is 0.968. The van der Waals surface area contributed by atoms with Crippen molar-refractivity contribution in [1.82, 2.24) is 15.5 Å². The van der Waals surface area contributed by atoms with Crippen LogP contribution < -0.4 is 10.6 Å². The Morgan fingerprint density at radius 3 is 2.55 bits per heavy atom. The highest BCUT2D eigenvalue weighted by Gasteiger charge is 2.24. The van der Waals surface area contributed by atoms with Crippen molar-refractivity contribution in [3.63, 3.8) is 0 Å². The highest BCUT2D eigenvalue weighted by atomic mass is 16.5. The first-order chi connectivity index (χ1) is 14.0. The lowest BCUT2D eigenvalue weighted by atomic mass is 10.0. The van der Waals surface area contributed by atoms with Crippen LogP contribution in [0, 0.1) is 5.92 Å². The summed E-state index contributed by atoms with van der Waals surface area (Å²) < 4.78 is 5.34. The largest absolute Gasteiger partial charge is 0.379 e. The van der Waals surface area contributed by atoms with Crippen molar-refractivity contribution < 1.29 is 14.3 Å². The average Bonchev–Trinajstić information content (AvgIpc) is 2.73. The Balaban J connectivity index is 1.54. The Morgan fingerprint density at radius 2 is 1.79 bits per heavy atom. The normalized spacial score (nSPS) is 16.0. The summed E-state index contributed by atoms with van der Waals surface area (Å²) in [5.74, 6) is -0.252. The van der Waals surface area contributed by atoms with Crippen LogP contribution in [0.4, 0.5) is 0 Å². The van der Waals surface area contributed by atoms with Gasteiger partial charge in [0.1, 0.15) is 6.04 Å². The third kappa shape index (κ3) is 6.02. The van der Waals surface area contributed by atoms with E-state index in [1.807, 2.05) is 56.3 Å². The van der Waals surface area contributed by atoms with Crippen molar-refractivity contribution in [3.8, 4) is 0 Å². The molecule has 0 spiro atoms. The Bertz CT molecular complexity index is 826. The molecule has 2 aromatic carbocycles. The van der Waals surface area contributed by atoms with Crippen molar-refractivity contribution in [2.24, 2.45) is 5.92 Å². The van der Waals surface area contributed by atoms with E-state index in [9.17, 15) is 9.59 Å². The molecule has 1 saturated heterocycles. The van der Waals surface area contributed by atoms with E-state index in [-0.39, 0.29) is 24.2 Å². The molecule has 0 unspecified atom stereocenters. The van der Waals surface area contributed by atoms with Gasteiger partial charge in [-0.05, 0) is 22.3 Å². The molecule has 2 amide bonds. The number of fused-ring (bicyclic) bond motifs is 1. The predicted octanol–water partition coefficient (Wildman–Crippen LogP) is 1.97. The zero-order chi connectivity index (χ0) is 20.6. The molecule has 1 aliphatic rings. The minimum atomic E-state index is -0.540. The van der Waals surface area contributed by atoms with Crippen LogP contribution in [0.15, 0.2) is 42.5 Å². The highest BCUT2D eigenvalue weighted by molar-refractivity contribution is 5.92. The fraction of sp³-hybridized carbons (Fsp3) is 0.478. The quantitative estimate of drug-likeness (QED) is 0.715. The Hall–Kier alpha value is -2.44. The van der Waals surface area contributed by atoms with Crippen LogP contribution in [-0.4, -0.2) is 62.1 Å². The number of nitrogens with zero attached hydrogens (tertiary/aromatic N) is 1. The summed E-state index contributed by atoms with van der Waals surface area (Å²) in [5, 5.41) is 8.09. The summed E-state index contributed by atoms with van der Waals surface area (Å²) in [6.07, 6.45) is 0.256. The number of nitrogens with one attached hydrogen (secondary N) is 2. The zero-order valence-corrected chi connectivity index (χ0v) is 17.3.